The van der Waals surface area contributed by atoms with E-state index in [0.29, 0.717) is 0 Å². The smallest absolute Gasteiger partial charge is 0.136 e. The third-order valence-corrected chi connectivity index (χ3v) is 1.56. The Morgan fingerprint density at radius 3 is 2.83 bits per heavy atom. The lowest BCUT2D eigenvalue weighted by Crippen LogP contribution is -1.91. The number of aromatic nitrogens is 2. The predicted molar refractivity (Wildman–Crippen MR) is 52.6 cm³/mol. The van der Waals surface area contributed by atoms with Crippen molar-refractivity contribution in [1.29, 1.82) is 0 Å². The maximum atomic E-state index is 4.15. The largest absolute Gasteiger partial charge is 0.304 e. The molecule has 0 aromatic carbocycles. The van der Waals surface area contributed by atoms with Gasteiger partial charge in [0, 0.05) is 18.1 Å². The Kier molecular flexibility index (Phi) is 2.64. The first-order chi connectivity index (χ1) is 5.79. The van der Waals surface area contributed by atoms with Crippen molar-refractivity contribution >= 4 is 12.3 Å². The van der Waals surface area contributed by atoms with Gasteiger partial charge in [0.1, 0.15) is 5.82 Å². The number of rotatable bonds is 3. The third kappa shape index (κ3) is 1.53. The Morgan fingerprint density at radius 2 is 2.25 bits per heavy atom. The number of hydrogen-bond acceptors (Lipinski definition) is 1. The van der Waals surface area contributed by atoms with Gasteiger partial charge in [-0.15, -0.1) is 0 Å². The van der Waals surface area contributed by atoms with E-state index in [0.717, 1.165) is 11.5 Å². The van der Waals surface area contributed by atoms with Crippen LogP contribution in [0.2, 0.25) is 0 Å². The van der Waals surface area contributed by atoms with Gasteiger partial charge in [-0.2, -0.15) is 0 Å². The molecule has 0 aliphatic heterocycles. The summed E-state index contributed by atoms with van der Waals surface area (Å²) in [6.07, 6.45) is 9.03. The molecule has 0 atom stereocenters. The number of imidazole rings is 1. The normalized spacial score (nSPS) is 10.4. The van der Waals surface area contributed by atoms with Crippen LogP contribution in [0.25, 0.3) is 12.3 Å². The molecule has 1 heterocycles. The van der Waals surface area contributed by atoms with Gasteiger partial charge in [0.05, 0.1) is 0 Å². The highest BCUT2D eigenvalue weighted by atomic mass is 15.1. The lowest BCUT2D eigenvalue weighted by molar-refractivity contribution is 1.05. The fourth-order valence-electron chi connectivity index (χ4n) is 0.957. The maximum absolute atomic E-state index is 4.15. The van der Waals surface area contributed by atoms with Gasteiger partial charge in [-0.3, -0.25) is 0 Å². The van der Waals surface area contributed by atoms with Crippen LogP contribution in [0.15, 0.2) is 31.5 Å². The summed E-state index contributed by atoms with van der Waals surface area (Å²) < 4.78 is 1.95. The van der Waals surface area contributed by atoms with E-state index in [1.54, 1.807) is 12.2 Å². The molecule has 0 unspecified atom stereocenters. The minimum absolute atomic E-state index is 0.852. The van der Waals surface area contributed by atoms with Crippen LogP contribution in [0.3, 0.4) is 0 Å². The summed E-state index contributed by atoms with van der Waals surface area (Å²) in [5, 5.41) is 0. The molecule has 0 aliphatic rings. The number of allylic oxidation sites excluding steroid dienone is 2. The van der Waals surface area contributed by atoms with E-state index >= 15 is 0 Å². The zero-order valence-electron chi connectivity index (χ0n) is 7.20. The van der Waals surface area contributed by atoms with Crippen molar-refractivity contribution in [3.05, 3.63) is 43.0 Å². The molecule has 1 aromatic heterocycles. The van der Waals surface area contributed by atoms with Gasteiger partial charge in [0.15, 0.2) is 0 Å². The summed E-state index contributed by atoms with van der Waals surface area (Å²) in [6.45, 7) is 9.26. The monoisotopic (exact) mass is 160 g/mol. The molecule has 0 N–H and O–H groups in total. The average Bonchev–Trinajstić information content (AvgIpc) is 2.43. The second kappa shape index (κ2) is 3.72. The minimum Gasteiger partial charge on any atom is -0.304 e. The quantitative estimate of drug-likeness (QED) is 0.621. The SMILES string of the molecule is C=C/C=C\n1c(C)cnc1C=C. The molecule has 0 aliphatic carbocycles. The molecule has 0 saturated carbocycles. The number of aryl methyl sites for hydroxylation is 1. The lowest BCUT2D eigenvalue weighted by atomic mass is 10.5. The summed E-state index contributed by atoms with van der Waals surface area (Å²) in [4.78, 5) is 4.15. The van der Waals surface area contributed by atoms with Crippen molar-refractivity contribution in [1.82, 2.24) is 9.55 Å². The fourth-order valence-corrected chi connectivity index (χ4v) is 0.957. The molecule has 62 valence electrons. The Hall–Kier alpha value is -1.57. The molecule has 0 radical (unpaired) electrons. The highest BCUT2D eigenvalue weighted by Crippen LogP contribution is 2.05. The summed E-state index contributed by atoms with van der Waals surface area (Å²) in [5.74, 6) is 0.852. The molecule has 2 nitrogen and oxygen atoms in total. The molecule has 1 rings (SSSR count). The van der Waals surface area contributed by atoms with Crippen LogP contribution in [0.1, 0.15) is 11.5 Å². The van der Waals surface area contributed by atoms with E-state index in [1.165, 1.54) is 0 Å². The van der Waals surface area contributed by atoms with E-state index < -0.39 is 0 Å². The summed E-state index contributed by atoms with van der Waals surface area (Å²) in [6, 6.07) is 0. The van der Waals surface area contributed by atoms with Gasteiger partial charge >= 0.3 is 0 Å². The molecule has 0 fully saturated rings. The molecule has 0 spiro atoms. The fraction of sp³-hybridized carbons (Fsp3) is 0.100. The van der Waals surface area contributed by atoms with Crippen molar-refractivity contribution in [3.8, 4) is 0 Å². The first kappa shape index (κ1) is 8.53. The Bertz CT molecular complexity index is 319. The lowest BCUT2D eigenvalue weighted by Gasteiger charge is -1.98. The zero-order chi connectivity index (χ0) is 8.97. The van der Waals surface area contributed by atoms with Gasteiger partial charge in [-0.1, -0.05) is 19.2 Å². The van der Waals surface area contributed by atoms with Gasteiger partial charge in [-0.25, -0.2) is 4.98 Å². The first-order valence-electron chi connectivity index (χ1n) is 3.75. The van der Waals surface area contributed by atoms with Crippen LogP contribution < -0.4 is 0 Å². The number of hydrogen-bond donors (Lipinski definition) is 0. The Morgan fingerprint density at radius 1 is 1.50 bits per heavy atom. The molecule has 12 heavy (non-hydrogen) atoms. The van der Waals surface area contributed by atoms with Gasteiger partial charge in [-0.05, 0) is 19.1 Å². The van der Waals surface area contributed by atoms with Crippen molar-refractivity contribution in [2.75, 3.05) is 0 Å². The second-order valence-electron chi connectivity index (χ2n) is 2.41. The highest BCUT2D eigenvalue weighted by molar-refractivity contribution is 5.45. The van der Waals surface area contributed by atoms with Crippen LogP contribution in [0, 0.1) is 6.92 Å². The van der Waals surface area contributed by atoms with E-state index in [4.69, 9.17) is 0 Å². The number of nitrogens with zero attached hydrogens (tertiary/aromatic N) is 2. The first-order valence-corrected chi connectivity index (χ1v) is 3.75. The van der Waals surface area contributed by atoms with E-state index in [9.17, 15) is 0 Å². The predicted octanol–water partition coefficient (Wildman–Crippen LogP) is 2.49. The van der Waals surface area contributed by atoms with E-state index in [1.807, 2.05) is 30.0 Å². The van der Waals surface area contributed by atoms with Crippen LogP contribution in [-0.2, 0) is 0 Å². The zero-order valence-corrected chi connectivity index (χ0v) is 7.20. The molecular formula is C10H12N2. The van der Waals surface area contributed by atoms with Crippen molar-refractivity contribution in [2.45, 2.75) is 6.92 Å². The van der Waals surface area contributed by atoms with Gasteiger partial charge in [0.25, 0.3) is 0 Å². The van der Waals surface area contributed by atoms with Crippen LogP contribution >= 0.6 is 0 Å². The van der Waals surface area contributed by atoms with E-state index in [-0.39, 0.29) is 0 Å². The molecule has 0 amide bonds. The van der Waals surface area contributed by atoms with Crippen molar-refractivity contribution in [2.24, 2.45) is 0 Å². The second-order valence-corrected chi connectivity index (χ2v) is 2.41. The standard InChI is InChI=1S/C10H12N2/c1-4-6-7-12-9(3)8-11-10(12)5-2/h4-8H,1-2H2,3H3/b7-6-. The van der Waals surface area contributed by atoms with Crippen molar-refractivity contribution < 1.29 is 0 Å². The van der Waals surface area contributed by atoms with Crippen LogP contribution in [0.5, 0.6) is 0 Å². The highest BCUT2D eigenvalue weighted by Gasteiger charge is 1.98. The Balaban J connectivity index is 3.09. The van der Waals surface area contributed by atoms with Crippen molar-refractivity contribution in [3.63, 3.8) is 0 Å². The average molecular weight is 160 g/mol. The molecule has 0 bridgehead atoms. The van der Waals surface area contributed by atoms with Crippen LogP contribution in [-0.4, -0.2) is 9.55 Å². The maximum Gasteiger partial charge on any atom is 0.136 e. The summed E-state index contributed by atoms with van der Waals surface area (Å²) in [7, 11) is 0. The molecule has 0 saturated heterocycles. The van der Waals surface area contributed by atoms with Gasteiger partial charge < -0.3 is 4.57 Å². The summed E-state index contributed by atoms with van der Waals surface area (Å²) >= 11 is 0. The topological polar surface area (TPSA) is 17.8 Å². The minimum atomic E-state index is 0.852. The van der Waals surface area contributed by atoms with Gasteiger partial charge in [0.2, 0.25) is 0 Å². The third-order valence-electron chi connectivity index (χ3n) is 1.56. The Labute approximate surface area is 72.6 Å². The molecular weight excluding hydrogens is 148 g/mol. The molecule has 2 heteroatoms. The van der Waals surface area contributed by atoms with Crippen LogP contribution in [0.4, 0.5) is 0 Å². The summed E-state index contributed by atoms with van der Waals surface area (Å²) in [5.41, 5.74) is 1.09. The van der Waals surface area contributed by atoms with E-state index in [2.05, 4.69) is 18.1 Å². The molecule has 1 aromatic rings.